The minimum Gasteiger partial charge on any atom is -0.466 e. The summed E-state index contributed by atoms with van der Waals surface area (Å²) in [4.78, 5) is 12.3. The zero-order chi connectivity index (χ0) is 13.5. The summed E-state index contributed by atoms with van der Waals surface area (Å²) in [6, 6.07) is 5.32. The highest BCUT2D eigenvalue weighted by Gasteiger charge is 2.07. The van der Waals surface area contributed by atoms with Crippen molar-refractivity contribution in [3.05, 3.63) is 39.9 Å². The Hall–Kier alpha value is -0.640. The van der Waals surface area contributed by atoms with Gasteiger partial charge in [0.05, 0.1) is 12.1 Å². The van der Waals surface area contributed by atoms with Crippen molar-refractivity contribution in [2.75, 3.05) is 12.9 Å². The molecule has 2 nitrogen and oxygen atoms in total. The van der Waals surface area contributed by atoms with Crippen LogP contribution in [0.5, 0.6) is 0 Å². The van der Waals surface area contributed by atoms with E-state index in [1.165, 1.54) is 18.9 Å². The summed E-state index contributed by atoms with van der Waals surface area (Å²) >= 11 is 13.5. The molecule has 18 heavy (non-hydrogen) atoms. The lowest BCUT2D eigenvalue weighted by molar-refractivity contribution is -0.136. The Morgan fingerprint density at radius 1 is 1.44 bits per heavy atom. The van der Waals surface area contributed by atoms with Crippen LogP contribution in [0.25, 0.3) is 0 Å². The molecule has 0 unspecified atom stereocenters. The molecule has 0 aliphatic carbocycles. The second kappa shape index (κ2) is 7.72. The van der Waals surface area contributed by atoms with Crippen LogP contribution >= 0.6 is 35.0 Å². The first-order valence-electron chi connectivity index (χ1n) is 5.43. The first-order valence-corrected chi connectivity index (χ1v) is 7.17. The van der Waals surface area contributed by atoms with E-state index < -0.39 is 0 Å². The number of methoxy groups -OCH3 is 1. The second-order valence-corrected chi connectivity index (χ2v) is 5.37. The fourth-order valence-electron chi connectivity index (χ4n) is 1.32. The number of benzene rings is 1. The molecule has 0 aliphatic heterocycles. The van der Waals surface area contributed by atoms with Crippen molar-refractivity contribution in [1.29, 1.82) is 0 Å². The Morgan fingerprint density at radius 2 is 2.17 bits per heavy atom. The third-order valence-electron chi connectivity index (χ3n) is 2.29. The molecule has 0 amide bonds. The Balaban J connectivity index is 2.67. The number of ether oxygens (including phenoxy) is 1. The van der Waals surface area contributed by atoms with E-state index in [2.05, 4.69) is 4.74 Å². The van der Waals surface area contributed by atoms with E-state index in [9.17, 15) is 4.79 Å². The van der Waals surface area contributed by atoms with Crippen molar-refractivity contribution in [3.8, 4) is 0 Å². The molecular formula is C13H14Cl2O2S. The van der Waals surface area contributed by atoms with Gasteiger partial charge in [0.15, 0.2) is 0 Å². The lowest BCUT2D eigenvalue weighted by Gasteiger charge is -2.04. The molecule has 0 aromatic heterocycles. The molecule has 0 atom stereocenters. The highest BCUT2D eigenvalue weighted by molar-refractivity contribution is 7.99. The molecule has 0 heterocycles. The van der Waals surface area contributed by atoms with E-state index in [1.54, 1.807) is 12.1 Å². The first-order chi connectivity index (χ1) is 8.58. The van der Waals surface area contributed by atoms with Gasteiger partial charge in [0.25, 0.3) is 0 Å². The summed E-state index contributed by atoms with van der Waals surface area (Å²) in [5, 5.41) is 1.31. The van der Waals surface area contributed by atoms with Crippen LogP contribution < -0.4 is 0 Å². The van der Waals surface area contributed by atoms with Crippen LogP contribution in [0.15, 0.2) is 34.7 Å². The molecule has 0 spiro atoms. The van der Waals surface area contributed by atoms with Crippen LogP contribution in [-0.4, -0.2) is 18.8 Å². The highest BCUT2D eigenvalue weighted by Crippen LogP contribution is 2.30. The van der Waals surface area contributed by atoms with E-state index in [-0.39, 0.29) is 5.97 Å². The predicted molar refractivity (Wildman–Crippen MR) is 77.6 cm³/mol. The average molecular weight is 305 g/mol. The maximum atomic E-state index is 11.4. The largest absolute Gasteiger partial charge is 0.466 e. The normalized spacial score (nSPS) is 11.4. The van der Waals surface area contributed by atoms with Gasteiger partial charge < -0.3 is 4.74 Å². The van der Waals surface area contributed by atoms with Gasteiger partial charge in [-0.05, 0) is 24.6 Å². The van der Waals surface area contributed by atoms with E-state index in [0.717, 1.165) is 4.90 Å². The van der Waals surface area contributed by atoms with Gasteiger partial charge in [0.2, 0.25) is 0 Å². The topological polar surface area (TPSA) is 26.3 Å². The Bertz CT molecular complexity index is 458. The molecule has 1 aromatic rings. The summed E-state index contributed by atoms with van der Waals surface area (Å²) in [6.07, 6.45) is 2.50. The number of rotatable bonds is 5. The van der Waals surface area contributed by atoms with Gasteiger partial charge in [-0.2, -0.15) is 0 Å². The molecule has 5 heteroatoms. The zero-order valence-corrected chi connectivity index (χ0v) is 12.5. The smallest absolute Gasteiger partial charge is 0.333 e. The van der Waals surface area contributed by atoms with Gasteiger partial charge in [0.1, 0.15) is 0 Å². The Labute approximate surface area is 121 Å². The molecule has 1 rings (SSSR count). The van der Waals surface area contributed by atoms with Crippen molar-refractivity contribution in [2.24, 2.45) is 0 Å². The quantitative estimate of drug-likeness (QED) is 0.452. The van der Waals surface area contributed by atoms with Crippen molar-refractivity contribution < 1.29 is 9.53 Å². The summed E-state index contributed by atoms with van der Waals surface area (Å²) in [5.41, 5.74) is 0.670. The maximum absolute atomic E-state index is 11.4. The predicted octanol–water partition coefficient (Wildman–Crippen LogP) is 4.59. The van der Waals surface area contributed by atoms with Crippen LogP contribution in [0.1, 0.15) is 13.3 Å². The fourth-order valence-corrected chi connectivity index (χ4v) is 2.72. The van der Waals surface area contributed by atoms with Crippen LogP contribution in [0.4, 0.5) is 0 Å². The Morgan fingerprint density at radius 3 is 2.78 bits per heavy atom. The number of hydrogen-bond donors (Lipinski definition) is 0. The number of thioether (sulfide) groups is 1. The molecule has 0 aliphatic rings. The van der Waals surface area contributed by atoms with Crippen LogP contribution in [0.3, 0.4) is 0 Å². The third-order valence-corrected chi connectivity index (χ3v) is 3.95. The fraction of sp³-hybridized carbons (Fsp3) is 0.308. The molecule has 98 valence electrons. The van der Waals surface area contributed by atoms with Gasteiger partial charge in [-0.15, -0.1) is 11.8 Å². The summed E-state index contributed by atoms with van der Waals surface area (Å²) in [7, 11) is 1.38. The number of esters is 1. The number of carbonyl (C=O) groups is 1. The van der Waals surface area contributed by atoms with Gasteiger partial charge >= 0.3 is 5.97 Å². The van der Waals surface area contributed by atoms with E-state index >= 15 is 0 Å². The number of halogens is 2. The molecule has 0 fully saturated rings. The van der Waals surface area contributed by atoms with Crippen molar-refractivity contribution in [2.45, 2.75) is 18.2 Å². The molecule has 1 aromatic carbocycles. The standard InChI is InChI=1S/C13H14Cl2O2S/c1-3-9(13(16)17-2)6-7-18-12-8-10(14)4-5-11(12)15/h4-6,8H,3,7H2,1-2H3. The summed E-state index contributed by atoms with van der Waals surface area (Å²) < 4.78 is 4.69. The van der Waals surface area contributed by atoms with Crippen molar-refractivity contribution in [1.82, 2.24) is 0 Å². The number of hydrogen-bond acceptors (Lipinski definition) is 3. The Kier molecular flexibility index (Phi) is 6.61. The second-order valence-electron chi connectivity index (χ2n) is 3.46. The van der Waals surface area contributed by atoms with E-state index in [0.29, 0.717) is 27.8 Å². The molecule has 0 bridgehead atoms. The highest BCUT2D eigenvalue weighted by atomic mass is 35.5. The first kappa shape index (κ1) is 15.4. The minimum atomic E-state index is -0.282. The molecule has 0 saturated heterocycles. The van der Waals surface area contributed by atoms with E-state index in [4.69, 9.17) is 23.2 Å². The van der Waals surface area contributed by atoms with Crippen LogP contribution in [-0.2, 0) is 9.53 Å². The molecular weight excluding hydrogens is 291 g/mol. The van der Waals surface area contributed by atoms with Crippen molar-refractivity contribution >= 4 is 40.9 Å². The molecule has 0 N–H and O–H groups in total. The van der Waals surface area contributed by atoms with Crippen LogP contribution in [0, 0.1) is 0 Å². The summed E-state index contributed by atoms with van der Waals surface area (Å²) in [5.74, 6) is 0.369. The lowest BCUT2D eigenvalue weighted by atomic mass is 10.2. The van der Waals surface area contributed by atoms with Crippen molar-refractivity contribution in [3.63, 3.8) is 0 Å². The van der Waals surface area contributed by atoms with Crippen LogP contribution in [0.2, 0.25) is 10.0 Å². The monoisotopic (exact) mass is 304 g/mol. The minimum absolute atomic E-state index is 0.282. The van der Waals surface area contributed by atoms with Gasteiger partial charge in [-0.25, -0.2) is 4.79 Å². The average Bonchev–Trinajstić information content (AvgIpc) is 2.37. The third kappa shape index (κ3) is 4.56. The lowest BCUT2D eigenvalue weighted by Crippen LogP contribution is -2.04. The number of carbonyl (C=O) groups excluding carboxylic acids is 1. The van der Waals surface area contributed by atoms with Gasteiger partial charge in [0, 0.05) is 21.2 Å². The zero-order valence-electron chi connectivity index (χ0n) is 10.2. The van der Waals surface area contributed by atoms with Gasteiger partial charge in [-0.3, -0.25) is 0 Å². The van der Waals surface area contributed by atoms with Gasteiger partial charge in [-0.1, -0.05) is 36.2 Å². The SMILES string of the molecule is CCC(=CCSc1cc(Cl)ccc1Cl)C(=O)OC. The molecule has 0 radical (unpaired) electrons. The van der Waals surface area contributed by atoms with E-state index in [1.807, 2.05) is 19.1 Å². The summed E-state index contributed by atoms with van der Waals surface area (Å²) in [6.45, 7) is 1.92. The maximum Gasteiger partial charge on any atom is 0.333 e. The molecule has 0 saturated carbocycles.